The van der Waals surface area contributed by atoms with E-state index in [9.17, 15) is 22.7 Å². The van der Waals surface area contributed by atoms with Crippen molar-refractivity contribution in [3.63, 3.8) is 0 Å². The molecule has 0 spiro atoms. The van der Waals surface area contributed by atoms with E-state index in [4.69, 9.17) is 0 Å². The largest absolute Gasteiger partial charge is 0.396 e. The van der Waals surface area contributed by atoms with Crippen molar-refractivity contribution in [1.82, 2.24) is 14.1 Å². The van der Waals surface area contributed by atoms with E-state index in [1.165, 1.54) is 33.3 Å². The Labute approximate surface area is 175 Å². The molecule has 0 bridgehead atoms. The lowest BCUT2D eigenvalue weighted by Crippen LogP contribution is -2.51. The molecule has 1 aromatic heterocycles. The molecule has 10 heteroatoms. The molecule has 1 N–H and O–H groups in total. The van der Waals surface area contributed by atoms with Crippen LogP contribution in [-0.4, -0.2) is 65.6 Å². The monoisotopic (exact) mass is 438 g/mol. The quantitative estimate of drug-likeness (QED) is 0.697. The van der Waals surface area contributed by atoms with Gasteiger partial charge in [-0.15, -0.1) is 0 Å². The maximum Gasteiger partial charge on any atom is 0.276 e. The minimum absolute atomic E-state index is 0.0574. The standard InChI is InChI=1S/C20H27FN4O4S/c1-15(2)30(28,29)24-11-9-23(10-12-24)19-14-22-25(17-7-5-16(21)6-8-17)20(27)18(19)4-3-13-26/h5-8,14-15,26H,3-4,9-13H2,1-2H3. The Morgan fingerprint density at radius 1 is 1.13 bits per heavy atom. The zero-order valence-electron chi connectivity index (χ0n) is 17.2. The molecule has 8 nitrogen and oxygen atoms in total. The van der Waals surface area contributed by atoms with Gasteiger partial charge in [0.15, 0.2) is 0 Å². The Morgan fingerprint density at radius 3 is 2.33 bits per heavy atom. The van der Waals surface area contributed by atoms with Crippen LogP contribution in [-0.2, 0) is 16.4 Å². The van der Waals surface area contributed by atoms with Crippen molar-refractivity contribution in [1.29, 1.82) is 0 Å². The number of halogens is 1. The van der Waals surface area contributed by atoms with Gasteiger partial charge in [0.05, 0.1) is 22.8 Å². The zero-order valence-corrected chi connectivity index (χ0v) is 18.0. The maximum absolute atomic E-state index is 13.2. The first-order valence-corrected chi connectivity index (χ1v) is 11.5. The molecule has 1 saturated heterocycles. The second kappa shape index (κ2) is 9.23. The third-order valence-electron chi connectivity index (χ3n) is 5.25. The van der Waals surface area contributed by atoms with Crippen molar-refractivity contribution in [3.8, 4) is 5.69 Å². The van der Waals surface area contributed by atoms with Crippen molar-refractivity contribution in [3.05, 3.63) is 52.2 Å². The molecule has 1 aromatic carbocycles. The number of aliphatic hydroxyl groups excluding tert-OH is 1. The molecule has 1 aliphatic heterocycles. The number of aromatic nitrogens is 2. The SMILES string of the molecule is CC(C)S(=O)(=O)N1CCN(c2cnn(-c3ccc(F)cc3)c(=O)c2CCCO)CC1. The fourth-order valence-corrected chi connectivity index (χ4v) is 4.76. The van der Waals surface area contributed by atoms with Crippen LogP contribution in [0, 0.1) is 5.82 Å². The van der Waals surface area contributed by atoms with Crippen molar-refractivity contribution in [2.75, 3.05) is 37.7 Å². The van der Waals surface area contributed by atoms with Crippen LogP contribution < -0.4 is 10.5 Å². The molecule has 164 valence electrons. The predicted molar refractivity (Wildman–Crippen MR) is 113 cm³/mol. The lowest BCUT2D eigenvalue weighted by atomic mass is 10.1. The van der Waals surface area contributed by atoms with E-state index in [0.717, 1.165) is 0 Å². The minimum Gasteiger partial charge on any atom is -0.396 e. The van der Waals surface area contributed by atoms with Gasteiger partial charge in [0, 0.05) is 38.3 Å². The number of piperazine rings is 1. The molecular formula is C20H27FN4O4S. The van der Waals surface area contributed by atoms with Gasteiger partial charge >= 0.3 is 0 Å². The summed E-state index contributed by atoms with van der Waals surface area (Å²) in [6.07, 6.45) is 2.36. The van der Waals surface area contributed by atoms with Gasteiger partial charge in [0.25, 0.3) is 5.56 Å². The van der Waals surface area contributed by atoms with E-state index in [-0.39, 0.29) is 12.2 Å². The van der Waals surface area contributed by atoms with Crippen LogP contribution in [0.1, 0.15) is 25.8 Å². The lowest BCUT2D eigenvalue weighted by Gasteiger charge is -2.36. The second-order valence-corrected chi connectivity index (χ2v) is 10.00. The molecule has 1 fully saturated rings. The average Bonchev–Trinajstić information content (AvgIpc) is 2.73. The molecule has 3 rings (SSSR count). The van der Waals surface area contributed by atoms with Gasteiger partial charge in [0.1, 0.15) is 5.82 Å². The van der Waals surface area contributed by atoms with Crippen molar-refractivity contribution in [2.45, 2.75) is 31.9 Å². The first-order chi connectivity index (χ1) is 14.3. The van der Waals surface area contributed by atoms with E-state index in [0.29, 0.717) is 56.0 Å². The number of hydrogen-bond acceptors (Lipinski definition) is 6. The minimum atomic E-state index is -3.32. The molecule has 30 heavy (non-hydrogen) atoms. The first kappa shape index (κ1) is 22.4. The molecule has 1 aliphatic rings. The number of sulfonamides is 1. The summed E-state index contributed by atoms with van der Waals surface area (Å²) in [4.78, 5) is 15.1. The summed E-state index contributed by atoms with van der Waals surface area (Å²) in [7, 11) is -3.32. The van der Waals surface area contributed by atoms with Crippen molar-refractivity contribution < 1.29 is 17.9 Å². The number of hydrogen-bond donors (Lipinski definition) is 1. The normalized spacial score (nSPS) is 15.7. The third-order valence-corrected chi connectivity index (χ3v) is 7.52. The van der Waals surface area contributed by atoms with Crippen LogP contribution in [0.3, 0.4) is 0 Å². The number of benzene rings is 1. The topological polar surface area (TPSA) is 95.7 Å². The molecule has 2 aromatic rings. The summed E-state index contributed by atoms with van der Waals surface area (Å²) >= 11 is 0. The summed E-state index contributed by atoms with van der Waals surface area (Å²) in [6, 6.07) is 5.49. The van der Waals surface area contributed by atoms with E-state index in [2.05, 4.69) is 5.10 Å². The summed E-state index contributed by atoms with van der Waals surface area (Å²) in [5.41, 5.74) is 1.27. The Balaban J connectivity index is 1.91. The predicted octanol–water partition coefficient (Wildman–Crippen LogP) is 1.16. The highest BCUT2D eigenvalue weighted by atomic mass is 32.2. The van der Waals surface area contributed by atoms with Gasteiger partial charge < -0.3 is 10.0 Å². The highest BCUT2D eigenvalue weighted by molar-refractivity contribution is 7.89. The summed E-state index contributed by atoms with van der Waals surface area (Å²) in [5, 5.41) is 13.0. The van der Waals surface area contributed by atoms with Gasteiger partial charge in [-0.1, -0.05) is 0 Å². The van der Waals surface area contributed by atoms with E-state index < -0.39 is 21.1 Å². The second-order valence-electron chi connectivity index (χ2n) is 7.51. The molecule has 0 amide bonds. The molecule has 0 unspecified atom stereocenters. The molecule has 0 aliphatic carbocycles. The molecule has 0 radical (unpaired) electrons. The van der Waals surface area contributed by atoms with Crippen LogP contribution in [0.5, 0.6) is 0 Å². The van der Waals surface area contributed by atoms with Crippen LogP contribution in [0.2, 0.25) is 0 Å². The summed E-state index contributed by atoms with van der Waals surface area (Å²) in [5.74, 6) is -0.404. The molecular weight excluding hydrogens is 411 g/mol. The number of nitrogens with zero attached hydrogens (tertiary/aromatic N) is 4. The number of rotatable bonds is 7. The Hall–Kier alpha value is -2.30. The van der Waals surface area contributed by atoms with Crippen LogP contribution in [0.25, 0.3) is 5.69 Å². The van der Waals surface area contributed by atoms with Gasteiger partial charge in [-0.05, 0) is 51.0 Å². The van der Waals surface area contributed by atoms with Crippen molar-refractivity contribution >= 4 is 15.7 Å². The van der Waals surface area contributed by atoms with Gasteiger partial charge in [-0.25, -0.2) is 12.8 Å². The fourth-order valence-electron chi connectivity index (χ4n) is 3.49. The highest BCUT2D eigenvalue weighted by Gasteiger charge is 2.30. The maximum atomic E-state index is 13.2. The summed E-state index contributed by atoms with van der Waals surface area (Å²) < 4.78 is 40.7. The van der Waals surface area contributed by atoms with Gasteiger partial charge in [-0.3, -0.25) is 4.79 Å². The van der Waals surface area contributed by atoms with Gasteiger partial charge in [0.2, 0.25) is 10.0 Å². The van der Waals surface area contributed by atoms with E-state index in [1.54, 1.807) is 20.0 Å². The fraction of sp³-hybridized carbons (Fsp3) is 0.500. The van der Waals surface area contributed by atoms with Gasteiger partial charge in [-0.2, -0.15) is 14.1 Å². The molecule has 2 heterocycles. The third kappa shape index (κ3) is 4.55. The number of aliphatic hydroxyl groups is 1. The molecule has 0 saturated carbocycles. The summed E-state index contributed by atoms with van der Waals surface area (Å²) in [6.45, 7) is 4.82. The van der Waals surface area contributed by atoms with E-state index >= 15 is 0 Å². The zero-order chi connectivity index (χ0) is 21.9. The highest BCUT2D eigenvalue weighted by Crippen LogP contribution is 2.22. The smallest absolute Gasteiger partial charge is 0.276 e. The molecule has 0 atom stereocenters. The average molecular weight is 439 g/mol. The van der Waals surface area contributed by atoms with Crippen LogP contribution in [0.15, 0.2) is 35.3 Å². The Kier molecular flexibility index (Phi) is 6.89. The first-order valence-electron chi connectivity index (χ1n) is 9.97. The van der Waals surface area contributed by atoms with Crippen LogP contribution >= 0.6 is 0 Å². The number of anilines is 1. The van der Waals surface area contributed by atoms with E-state index in [1.807, 2.05) is 4.90 Å². The van der Waals surface area contributed by atoms with Crippen LogP contribution in [0.4, 0.5) is 10.1 Å². The Morgan fingerprint density at radius 2 is 1.77 bits per heavy atom. The van der Waals surface area contributed by atoms with Crippen molar-refractivity contribution in [2.24, 2.45) is 0 Å². The lowest BCUT2D eigenvalue weighted by molar-refractivity contribution is 0.288. The Bertz CT molecular complexity index is 1030.